The number of ketones is 1. The molecule has 0 spiro atoms. The minimum absolute atomic E-state index is 0.186. The van der Waals surface area contributed by atoms with Crippen LogP contribution in [0.15, 0.2) is 72.8 Å². The maximum absolute atomic E-state index is 14.4. The van der Waals surface area contributed by atoms with E-state index in [0.717, 1.165) is 22.4 Å². The van der Waals surface area contributed by atoms with Crippen LogP contribution in [0, 0.1) is 47.7 Å². The minimum Gasteiger partial charge on any atom is -0.351 e. The predicted molar refractivity (Wildman–Crippen MR) is 129 cm³/mol. The van der Waals surface area contributed by atoms with Crippen LogP contribution in [0.2, 0.25) is 0 Å². The van der Waals surface area contributed by atoms with E-state index in [1.807, 2.05) is 67.3 Å². The van der Waals surface area contributed by atoms with Crippen LogP contribution in [0.4, 0.5) is 10.1 Å². The first kappa shape index (κ1) is 21.6. The van der Waals surface area contributed by atoms with Crippen molar-refractivity contribution in [3.63, 3.8) is 0 Å². The number of rotatable bonds is 3. The zero-order chi connectivity index (χ0) is 24.0. The summed E-state index contributed by atoms with van der Waals surface area (Å²) in [5.41, 5.74) is 2.97. The fourth-order valence-corrected chi connectivity index (χ4v) is 5.56. The van der Waals surface area contributed by atoms with Crippen LogP contribution >= 0.6 is 0 Å². The molecule has 3 aromatic rings. The number of nitriles is 2. The molecular weight excluding hydrogens is 425 g/mol. The molecule has 2 heterocycles. The average Bonchev–Trinajstić information content (AvgIpc) is 3.15. The van der Waals surface area contributed by atoms with Crippen molar-refractivity contribution in [3.05, 3.63) is 106 Å². The summed E-state index contributed by atoms with van der Waals surface area (Å²) in [6.45, 7) is 3.85. The topological polar surface area (TPSA) is 67.9 Å². The first-order chi connectivity index (χ1) is 16.4. The number of hydrogen-bond acceptors (Lipinski definition) is 4. The average molecular weight is 448 g/mol. The third-order valence-corrected chi connectivity index (χ3v) is 7.04. The van der Waals surface area contributed by atoms with Gasteiger partial charge in [0.15, 0.2) is 11.2 Å². The first-order valence-corrected chi connectivity index (χ1v) is 11.2. The molecule has 0 amide bonds. The van der Waals surface area contributed by atoms with Crippen molar-refractivity contribution < 1.29 is 9.18 Å². The summed E-state index contributed by atoms with van der Waals surface area (Å²) in [5.74, 6) is -1.51. The van der Waals surface area contributed by atoms with Gasteiger partial charge in [-0.2, -0.15) is 10.5 Å². The Morgan fingerprint density at radius 2 is 1.76 bits per heavy atom. The van der Waals surface area contributed by atoms with Gasteiger partial charge in [-0.25, -0.2) is 4.39 Å². The Bertz CT molecular complexity index is 1410. The molecule has 166 valence electrons. The molecule has 5 heteroatoms. The van der Waals surface area contributed by atoms with Crippen molar-refractivity contribution in [3.8, 4) is 12.1 Å². The number of carbonyl (C=O) groups is 1. The van der Waals surface area contributed by atoms with E-state index < -0.39 is 29.2 Å². The Kier molecular flexibility index (Phi) is 5.07. The molecule has 34 heavy (non-hydrogen) atoms. The number of para-hydroxylation sites is 1. The molecule has 3 aromatic carbocycles. The van der Waals surface area contributed by atoms with E-state index in [9.17, 15) is 19.7 Å². The molecular formula is C29H22FN3O. The number of hydrogen-bond donors (Lipinski definition) is 0. The lowest BCUT2D eigenvalue weighted by Gasteiger charge is -2.35. The molecule has 2 aliphatic rings. The molecule has 0 aliphatic carbocycles. The highest BCUT2D eigenvalue weighted by Gasteiger charge is 2.63. The molecule has 0 unspecified atom stereocenters. The van der Waals surface area contributed by atoms with E-state index in [0.29, 0.717) is 11.1 Å². The maximum atomic E-state index is 14.4. The normalized spacial score (nSPS) is 21.8. The molecule has 1 fully saturated rings. The summed E-state index contributed by atoms with van der Waals surface area (Å²) in [4.78, 5) is 16.2. The zero-order valence-electron chi connectivity index (χ0n) is 18.9. The Labute approximate surface area is 198 Å². The van der Waals surface area contributed by atoms with Crippen molar-refractivity contribution in [2.75, 3.05) is 4.90 Å². The Balaban J connectivity index is 1.80. The molecule has 1 saturated heterocycles. The van der Waals surface area contributed by atoms with Crippen LogP contribution in [0.3, 0.4) is 0 Å². The van der Waals surface area contributed by atoms with Crippen LogP contribution < -0.4 is 4.90 Å². The largest absolute Gasteiger partial charge is 0.351 e. The minimum atomic E-state index is -1.59. The van der Waals surface area contributed by atoms with Gasteiger partial charge in [0.05, 0.1) is 18.2 Å². The van der Waals surface area contributed by atoms with Gasteiger partial charge in [0.2, 0.25) is 0 Å². The van der Waals surface area contributed by atoms with E-state index in [1.54, 1.807) is 18.2 Å². The summed E-state index contributed by atoms with van der Waals surface area (Å²) in [7, 11) is 0. The van der Waals surface area contributed by atoms with Gasteiger partial charge >= 0.3 is 0 Å². The van der Waals surface area contributed by atoms with Gasteiger partial charge in [-0.05, 0) is 48.7 Å². The van der Waals surface area contributed by atoms with Crippen molar-refractivity contribution in [1.29, 1.82) is 10.5 Å². The van der Waals surface area contributed by atoms with E-state index in [1.165, 1.54) is 12.1 Å². The second-order valence-electron chi connectivity index (χ2n) is 9.02. The van der Waals surface area contributed by atoms with Crippen LogP contribution in [0.25, 0.3) is 6.08 Å². The first-order valence-electron chi connectivity index (χ1n) is 11.2. The lowest BCUT2D eigenvalue weighted by Crippen LogP contribution is -2.44. The third kappa shape index (κ3) is 3.05. The van der Waals surface area contributed by atoms with Gasteiger partial charge in [-0.1, -0.05) is 66.2 Å². The second-order valence-corrected chi connectivity index (χ2v) is 9.02. The lowest BCUT2D eigenvalue weighted by molar-refractivity contribution is 0.0950. The van der Waals surface area contributed by atoms with Crippen LogP contribution in [-0.4, -0.2) is 17.9 Å². The number of anilines is 1. The fourth-order valence-electron chi connectivity index (χ4n) is 5.56. The fraction of sp³-hybridized carbons (Fsp3) is 0.207. The van der Waals surface area contributed by atoms with Crippen molar-refractivity contribution in [1.82, 2.24) is 0 Å². The van der Waals surface area contributed by atoms with E-state index in [-0.39, 0.29) is 5.78 Å². The number of benzene rings is 3. The van der Waals surface area contributed by atoms with E-state index >= 15 is 0 Å². The molecule has 5 rings (SSSR count). The van der Waals surface area contributed by atoms with E-state index in [2.05, 4.69) is 12.1 Å². The molecule has 0 radical (unpaired) electrons. The number of nitrogens with zero attached hydrogens (tertiary/aromatic N) is 3. The smallest absolute Gasteiger partial charge is 0.186 e. The molecule has 2 aliphatic heterocycles. The Morgan fingerprint density at radius 3 is 2.47 bits per heavy atom. The molecule has 0 saturated carbocycles. The number of aryl methyl sites for hydroxylation is 2. The van der Waals surface area contributed by atoms with Crippen molar-refractivity contribution in [2.45, 2.75) is 31.8 Å². The van der Waals surface area contributed by atoms with Gasteiger partial charge in [-0.3, -0.25) is 4.79 Å². The second kappa shape index (κ2) is 7.97. The number of carbonyl (C=O) groups excluding carboxylic acids is 1. The standard InChI is InChI=1S/C29H22FN3O/c1-18-10-12-23(19(2)14-18)28(34)27-26(21-7-5-8-22(30)15-21)29(16-31,17-32)25-13-11-20-6-3-4-9-24(20)33(25)27/h3-15,25-27H,1-2H3/t25-,26-,27+/m1/s1. The van der Waals surface area contributed by atoms with Crippen LogP contribution in [0.1, 0.15) is 38.5 Å². The summed E-state index contributed by atoms with van der Waals surface area (Å²) in [6, 6.07) is 22.2. The highest BCUT2D eigenvalue weighted by atomic mass is 19.1. The lowest BCUT2D eigenvalue weighted by atomic mass is 9.69. The monoisotopic (exact) mass is 447 g/mol. The molecule has 0 aromatic heterocycles. The van der Waals surface area contributed by atoms with Crippen LogP contribution in [0.5, 0.6) is 0 Å². The van der Waals surface area contributed by atoms with Gasteiger partial charge in [0.25, 0.3) is 0 Å². The highest BCUT2D eigenvalue weighted by molar-refractivity contribution is 6.05. The Morgan fingerprint density at radius 1 is 1.00 bits per heavy atom. The number of fused-ring (bicyclic) bond motifs is 3. The molecule has 0 bridgehead atoms. The van der Waals surface area contributed by atoms with Crippen molar-refractivity contribution >= 4 is 17.5 Å². The summed E-state index contributed by atoms with van der Waals surface area (Å²) in [6.07, 6.45) is 3.73. The molecule has 3 atom stereocenters. The molecule has 4 nitrogen and oxygen atoms in total. The Hall–Kier alpha value is -4.22. The SMILES string of the molecule is Cc1ccc(C(=O)[C@@H]2[C@@H](c3cccc(F)c3)C(C#N)(C#N)[C@H]3C=Cc4ccccc4N23)c(C)c1. The summed E-state index contributed by atoms with van der Waals surface area (Å²) in [5, 5.41) is 20.9. The maximum Gasteiger partial charge on any atom is 0.186 e. The zero-order valence-corrected chi connectivity index (χ0v) is 18.9. The van der Waals surface area contributed by atoms with Gasteiger partial charge in [0.1, 0.15) is 11.9 Å². The highest BCUT2D eigenvalue weighted by Crippen LogP contribution is 2.55. The predicted octanol–water partition coefficient (Wildman–Crippen LogP) is 5.73. The van der Waals surface area contributed by atoms with Gasteiger partial charge in [-0.15, -0.1) is 0 Å². The summed E-state index contributed by atoms with van der Waals surface area (Å²) < 4.78 is 14.4. The van der Waals surface area contributed by atoms with Gasteiger partial charge in [0, 0.05) is 17.2 Å². The van der Waals surface area contributed by atoms with E-state index in [4.69, 9.17) is 0 Å². The van der Waals surface area contributed by atoms with Crippen molar-refractivity contribution in [2.24, 2.45) is 5.41 Å². The quantitative estimate of drug-likeness (QED) is 0.481. The molecule has 0 N–H and O–H groups in total. The number of Topliss-reactive ketones (excluding diaryl/α,β-unsaturated/α-hetero) is 1. The van der Waals surface area contributed by atoms with Crippen LogP contribution in [-0.2, 0) is 0 Å². The number of halogens is 1. The summed E-state index contributed by atoms with van der Waals surface area (Å²) >= 11 is 0. The third-order valence-electron chi connectivity index (χ3n) is 7.04. The van der Waals surface area contributed by atoms with Gasteiger partial charge < -0.3 is 4.90 Å².